The van der Waals surface area contributed by atoms with E-state index in [1.165, 1.54) is 4.31 Å². The number of rotatable bonds is 5. The summed E-state index contributed by atoms with van der Waals surface area (Å²) >= 11 is 0. The van der Waals surface area contributed by atoms with Gasteiger partial charge in [-0.25, -0.2) is 0 Å². The molecule has 0 spiro atoms. The number of piperazine rings is 1. The van der Waals surface area contributed by atoms with E-state index in [0.717, 1.165) is 29.5 Å². The average Bonchev–Trinajstić information content (AvgIpc) is 3.31. The molecular formula is C22H27N3O3S. The molecule has 29 heavy (non-hydrogen) atoms. The molecule has 2 fully saturated rings. The molecule has 2 aliphatic rings. The maximum Gasteiger partial charge on any atom is 0.282 e. The first-order valence-electron chi connectivity index (χ1n) is 10.2. The molecular weight excluding hydrogens is 386 g/mol. The van der Waals surface area contributed by atoms with E-state index in [-0.39, 0.29) is 5.91 Å². The molecule has 2 heterocycles. The fourth-order valence-electron chi connectivity index (χ4n) is 3.98. The predicted octanol–water partition coefficient (Wildman–Crippen LogP) is 2.38. The van der Waals surface area contributed by atoms with E-state index in [1.807, 2.05) is 42.5 Å². The average molecular weight is 414 g/mol. The molecule has 0 aliphatic carbocycles. The van der Waals surface area contributed by atoms with Gasteiger partial charge in [0.25, 0.3) is 10.2 Å². The van der Waals surface area contributed by atoms with Crippen LogP contribution in [0.25, 0.3) is 11.1 Å². The van der Waals surface area contributed by atoms with Crippen LogP contribution in [0.4, 0.5) is 0 Å². The highest BCUT2D eigenvalue weighted by Crippen LogP contribution is 2.21. The zero-order valence-corrected chi connectivity index (χ0v) is 17.4. The van der Waals surface area contributed by atoms with Gasteiger partial charge < -0.3 is 4.90 Å². The molecule has 2 aromatic rings. The Hall–Kier alpha value is -2.22. The maximum atomic E-state index is 12.7. The van der Waals surface area contributed by atoms with Crippen molar-refractivity contribution in [3.8, 4) is 11.1 Å². The molecule has 0 aromatic heterocycles. The van der Waals surface area contributed by atoms with Crippen molar-refractivity contribution in [2.24, 2.45) is 0 Å². The topological polar surface area (TPSA) is 60.9 Å². The smallest absolute Gasteiger partial charge is 0.282 e. The predicted molar refractivity (Wildman–Crippen MR) is 113 cm³/mol. The van der Waals surface area contributed by atoms with Gasteiger partial charge in [-0.3, -0.25) is 4.79 Å². The van der Waals surface area contributed by atoms with E-state index < -0.39 is 10.2 Å². The quantitative estimate of drug-likeness (QED) is 0.756. The normalized spacial score (nSPS) is 18.8. The van der Waals surface area contributed by atoms with Crippen LogP contribution in [-0.4, -0.2) is 67.1 Å². The molecule has 154 valence electrons. The van der Waals surface area contributed by atoms with Gasteiger partial charge >= 0.3 is 0 Å². The molecule has 2 aromatic carbocycles. The summed E-state index contributed by atoms with van der Waals surface area (Å²) < 4.78 is 28.4. The summed E-state index contributed by atoms with van der Waals surface area (Å²) in [5, 5.41) is 0. The fraction of sp³-hybridized carbons (Fsp3) is 0.409. The summed E-state index contributed by atoms with van der Waals surface area (Å²) in [5.74, 6) is 0.0516. The Kier molecular flexibility index (Phi) is 5.99. The first kappa shape index (κ1) is 20.1. The summed E-state index contributed by atoms with van der Waals surface area (Å²) in [7, 11) is -3.37. The van der Waals surface area contributed by atoms with E-state index in [4.69, 9.17) is 0 Å². The first-order chi connectivity index (χ1) is 14.0. The number of carbonyl (C=O) groups excluding carboxylic acids is 1. The zero-order valence-electron chi connectivity index (χ0n) is 16.5. The van der Waals surface area contributed by atoms with Crippen molar-refractivity contribution in [1.29, 1.82) is 0 Å². The van der Waals surface area contributed by atoms with Crippen LogP contribution in [0, 0.1) is 0 Å². The van der Waals surface area contributed by atoms with Gasteiger partial charge in [0.2, 0.25) is 5.91 Å². The van der Waals surface area contributed by atoms with Crippen LogP contribution in [0.2, 0.25) is 0 Å². The molecule has 0 unspecified atom stereocenters. The second-order valence-corrected chi connectivity index (χ2v) is 9.56. The second-order valence-electron chi connectivity index (χ2n) is 7.63. The first-order valence-corrected chi connectivity index (χ1v) is 11.6. The molecule has 0 atom stereocenters. The Morgan fingerprint density at radius 2 is 1.28 bits per heavy atom. The third-order valence-corrected chi connectivity index (χ3v) is 7.76. The minimum absolute atomic E-state index is 0.0516. The van der Waals surface area contributed by atoms with Crippen molar-refractivity contribution >= 4 is 16.1 Å². The van der Waals surface area contributed by atoms with Gasteiger partial charge in [0.05, 0.1) is 6.42 Å². The van der Waals surface area contributed by atoms with Gasteiger partial charge in [-0.2, -0.15) is 17.0 Å². The molecule has 2 aliphatic heterocycles. The van der Waals surface area contributed by atoms with Crippen LogP contribution in [0.5, 0.6) is 0 Å². The largest absolute Gasteiger partial charge is 0.340 e. The van der Waals surface area contributed by atoms with Crippen LogP contribution in [0.15, 0.2) is 54.6 Å². The molecule has 2 saturated heterocycles. The van der Waals surface area contributed by atoms with Gasteiger partial charge in [-0.05, 0) is 29.5 Å². The van der Waals surface area contributed by atoms with Gasteiger partial charge in [0.1, 0.15) is 0 Å². The van der Waals surface area contributed by atoms with Crippen molar-refractivity contribution in [2.75, 3.05) is 39.3 Å². The Morgan fingerprint density at radius 3 is 1.90 bits per heavy atom. The standard InChI is InChI=1S/C22H27N3O3S/c26-22(18-19-8-10-21(11-9-19)20-6-2-1-3-7-20)23-14-16-25(17-15-23)29(27,28)24-12-4-5-13-24/h1-3,6-11H,4-5,12-18H2. The van der Waals surface area contributed by atoms with Crippen molar-refractivity contribution in [3.05, 3.63) is 60.2 Å². The molecule has 7 heteroatoms. The lowest BCUT2D eigenvalue weighted by Gasteiger charge is -2.35. The maximum absolute atomic E-state index is 12.7. The Balaban J connectivity index is 1.32. The summed E-state index contributed by atoms with van der Waals surface area (Å²) in [6.45, 7) is 2.87. The minimum atomic E-state index is -3.37. The molecule has 0 saturated carbocycles. The highest BCUT2D eigenvalue weighted by Gasteiger charge is 2.34. The third kappa shape index (κ3) is 4.52. The summed E-state index contributed by atoms with van der Waals surface area (Å²) in [4.78, 5) is 14.5. The lowest BCUT2D eigenvalue weighted by Crippen LogP contribution is -2.54. The number of hydrogen-bond acceptors (Lipinski definition) is 3. The minimum Gasteiger partial charge on any atom is -0.340 e. The Labute approximate surface area is 172 Å². The van der Waals surface area contributed by atoms with E-state index >= 15 is 0 Å². The van der Waals surface area contributed by atoms with Crippen molar-refractivity contribution in [1.82, 2.24) is 13.5 Å². The van der Waals surface area contributed by atoms with Crippen molar-refractivity contribution in [3.63, 3.8) is 0 Å². The summed E-state index contributed by atoms with van der Waals surface area (Å²) in [6, 6.07) is 18.2. The van der Waals surface area contributed by atoms with Gasteiger partial charge in [0.15, 0.2) is 0 Å². The number of amides is 1. The zero-order chi connectivity index (χ0) is 20.3. The number of carbonyl (C=O) groups is 1. The van der Waals surface area contributed by atoms with E-state index in [2.05, 4.69) is 12.1 Å². The van der Waals surface area contributed by atoms with Crippen LogP contribution in [0.3, 0.4) is 0 Å². The van der Waals surface area contributed by atoms with Crippen molar-refractivity contribution < 1.29 is 13.2 Å². The monoisotopic (exact) mass is 413 g/mol. The van der Waals surface area contributed by atoms with Crippen LogP contribution < -0.4 is 0 Å². The summed E-state index contributed by atoms with van der Waals surface area (Å²) in [5.41, 5.74) is 3.25. The van der Waals surface area contributed by atoms with Crippen LogP contribution in [-0.2, 0) is 21.4 Å². The van der Waals surface area contributed by atoms with Gasteiger partial charge in [-0.1, -0.05) is 54.6 Å². The molecule has 0 radical (unpaired) electrons. The fourth-order valence-corrected chi connectivity index (χ4v) is 5.65. The molecule has 6 nitrogen and oxygen atoms in total. The highest BCUT2D eigenvalue weighted by atomic mass is 32.2. The van der Waals surface area contributed by atoms with E-state index in [9.17, 15) is 13.2 Å². The number of nitrogens with zero attached hydrogens (tertiary/aromatic N) is 3. The van der Waals surface area contributed by atoms with E-state index in [0.29, 0.717) is 45.7 Å². The second kappa shape index (κ2) is 8.65. The van der Waals surface area contributed by atoms with Gasteiger partial charge in [0, 0.05) is 39.3 Å². The van der Waals surface area contributed by atoms with Crippen LogP contribution >= 0.6 is 0 Å². The number of benzene rings is 2. The molecule has 0 N–H and O–H groups in total. The SMILES string of the molecule is O=C(Cc1ccc(-c2ccccc2)cc1)N1CCN(S(=O)(=O)N2CCCC2)CC1. The number of hydrogen-bond donors (Lipinski definition) is 0. The van der Waals surface area contributed by atoms with E-state index in [1.54, 1.807) is 9.21 Å². The highest BCUT2D eigenvalue weighted by molar-refractivity contribution is 7.86. The van der Waals surface area contributed by atoms with Crippen molar-refractivity contribution in [2.45, 2.75) is 19.3 Å². The Morgan fingerprint density at radius 1 is 0.724 bits per heavy atom. The van der Waals surface area contributed by atoms with Gasteiger partial charge in [-0.15, -0.1) is 0 Å². The lowest BCUT2D eigenvalue weighted by atomic mass is 10.0. The molecule has 1 amide bonds. The Bertz CT molecular complexity index is 931. The summed E-state index contributed by atoms with van der Waals surface area (Å²) in [6.07, 6.45) is 2.20. The van der Waals surface area contributed by atoms with Crippen LogP contribution in [0.1, 0.15) is 18.4 Å². The third-order valence-electron chi connectivity index (χ3n) is 5.73. The molecule has 4 rings (SSSR count). The lowest BCUT2D eigenvalue weighted by molar-refractivity contribution is -0.131. The molecule has 0 bridgehead atoms.